The van der Waals surface area contributed by atoms with Gasteiger partial charge in [0.25, 0.3) is 5.91 Å². The Morgan fingerprint density at radius 2 is 1.93 bits per heavy atom. The van der Waals surface area contributed by atoms with Crippen LogP contribution in [-0.2, 0) is 16.4 Å². The normalized spacial score (nSPS) is 14.2. The number of sulfone groups is 1. The lowest BCUT2D eigenvalue weighted by atomic mass is 10.0. The van der Waals surface area contributed by atoms with Gasteiger partial charge in [-0.3, -0.25) is 4.79 Å². The Labute approximate surface area is 170 Å². The predicted octanol–water partition coefficient (Wildman–Crippen LogP) is 4.12. The third kappa shape index (κ3) is 5.84. The number of halogens is 1. The van der Waals surface area contributed by atoms with Gasteiger partial charge in [0.15, 0.2) is 9.84 Å². The van der Waals surface area contributed by atoms with E-state index in [1.165, 1.54) is 6.08 Å². The molecule has 2 N–H and O–H groups in total. The Bertz CT molecular complexity index is 984. The SMILES string of the molecule is CS(=O)(=O)/C=C/CNC(=O)c1cc(Cl)c(C2CC2)cc1NCc1ccccc1. The lowest BCUT2D eigenvalue weighted by Gasteiger charge is -2.15. The van der Waals surface area contributed by atoms with Crippen LogP contribution in [0.4, 0.5) is 5.69 Å². The van der Waals surface area contributed by atoms with Gasteiger partial charge in [0.1, 0.15) is 0 Å². The number of hydrogen-bond donors (Lipinski definition) is 2. The Morgan fingerprint density at radius 3 is 2.57 bits per heavy atom. The van der Waals surface area contributed by atoms with Gasteiger partial charge in [-0.1, -0.05) is 48.0 Å². The monoisotopic (exact) mass is 418 g/mol. The zero-order valence-corrected chi connectivity index (χ0v) is 17.2. The van der Waals surface area contributed by atoms with Crippen molar-refractivity contribution in [3.63, 3.8) is 0 Å². The smallest absolute Gasteiger partial charge is 0.253 e. The van der Waals surface area contributed by atoms with E-state index in [0.29, 0.717) is 23.0 Å². The minimum absolute atomic E-state index is 0.117. The Kier molecular flexibility index (Phi) is 6.42. The molecular formula is C21H23ClN2O3S. The highest BCUT2D eigenvalue weighted by molar-refractivity contribution is 7.93. The average molecular weight is 419 g/mol. The van der Waals surface area contributed by atoms with E-state index in [4.69, 9.17) is 11.6 Å². The van der Waals surface area contributed by atoms with Gasteiger partial charge < -0.3 is 10.6 Å². The molecule has 7 heteroatoms. The van der Waals surface area contributed by atoms with E-state index in [-0.39, 0.29) is 12.5 Å². The summed E-state index contributed by atoms with van der Waals surface area (Å²) in [5, 5.41) is 7.72. The highest BCUT2D eigenvalue weighted by Crippen LogP contribution is 2.44. The molecule has 148 valence electrons. The largest absolute Gasteiger partial charge is 0.380 e. The summed E-state index contributed by atoms with van der Waals surface area (Å²) in [4.78, 5) is 12.7. The van der Waals surface area contributed by atoms with Crippen molar-refractivity contribution in [1.82, 2.24) is 5.32 Å². The standard InChI is InChI=1S/C21H23ClN2O3S/c1-28(26,27)11-5-10-23-21(25)18-12-19(22)17(16-8-9-16)13-20(18)24-14-15-6-3-2-4-7-15/h2-7,11-13,16,24H,8-10,14H2,1H3,(H,23,25)/b11-5+. The second kappa shape index (κ2) is 8.80. The first-order valence-electron chi connectivity index (χ1n) is 9.09. The van der Waals surface area contributed by atoms with Crippen LogP contribution in [0.25, 0.3) is 0 Å². The fraction of sp³-hybridized carbons (Fsp3) is 0.286. The van der Waals surface area contributed by atoms with E-state index in [9.17, 15) is 13.2 Å². The summed E-state index contributed by atoms with van der Waals surface area (Å²) in [5.74, 6) is 0.151. The third-order valence-electron chi connectivity index (χ3n) is 4.45. The predicted molar refractivity (Wildman–Crippen MR) is 114 cm³/mol. The van der Waals surface area contributed by atoms with Crippen molar-refractivity contribution in [3.05, 3.63) is 75.7 Å². The molecule has 0 unspecified atom stereocenters. The van der Waals surface area contributed by atoms with Gasteiger partial charge in [-0.05, 0) is 42.0 Å². The molecule has 2 aromatic carbocycles. The molecule has 0 heterocycles. The van der Waals surface area contributed by atoms with Gasteiger partial charge in [0.05, 0.1) is 5.56 Å². The van der Waals surface area contributed by atoms with Crippen LogP contribution in [-0.4, -0.2) is 27.1 Å². The zero-order chi connectivity index (χ0) is 20.1. The number of benzene rings is 2. The minimum atomic E-state index is -3.21. The van der Waals surface area contributed by atoms with Crippen LogP contribution in [0.15, 0.2) is 53.9 Å². The van der Waals surface area contributed by atoms with E-state index in [2.05, 4.69) is 10.6 Å². The molecule has 0 aliphatic heterocycles. The number of carbonyl (C=O) groups excluding carboxylic acids is 1. The summed E-state index contributed by atoms with van der Waals surface area (Å²) in [7, 11) is -3.21. The molecule has 1 aliphatic rings. The van der Waals surface area contributed by atoms with Gasteiger partial charge in [0, 0.05) is 35.5 Å². The third-order valence-corrected chi connectivity index (χ3v) is 5.46. The van der Waals surface area contributed by atoms with Crippen molar-refractivity contribution in [2.75, 3.05) is 18.1 Å². The molecule has 5 nitrogen and oxygen atoms in total. The van der Waals surface area contributed by atoms with Crippen molar-refractivity contribution in [1.29, 1.82) is 0 Å². The Hall–Kier alpha value is -2.31. The summed E-state index contributed by atoms with van der Waals surface area (Å²) in [5.41, 5.74) is 3.33. The first kappa shape index (κ1) is 20.4. The summed E-state index contributed by atoms with van der Waals surface area (Å²) >= 11 is 6.42. The van der Waals surface area contributed by atoms with Crippen molar-refractivity contribution in [2.24, 2.45) is 0 Å². The van der Waals surface area contributed by atoms with Gasteiger partial charge in [-0.2, -0.15) is 0 Å². The molecule has 0 bridgehead atoms. The maximum Gasteiger partial charge on any atom is 0.253 e. The summed E-state index contributed by atoms with van der Waals surface area (Å²) in [6, 6.07) is 13.6. The Morgan fingerprint density at radius 1 is 1.21 bits per heavy atom. The molecule has 0 saturated heterocycles. The lowest BCUT2D eigenvalue weighted by molar-refractivity contribution is 0.0958. The van der Waals surface area contributed by atoms with E-state index in [0.717, 1.165) is 41.3 Å². The van der Waals surface area contributed by atoms with Crippen LogP contribution in [0, 0.1) is 0 Å². The second-order valence-corrected chi connectivity index (χ2v) is 9.28. The molecule has 0 spiro atoms. The highest BCUT2D eigenvalue weighted by atomic mass is 35.5. The maximum absolute atomic E-state index is 12.7. The molecule has 2 aromatic rings. The molecule has 0 radical (unpaired) electrons. The molecular weight excluding hydrogens is 396 g/mol. The van der Waals surface area contributed by atoms with E-state index in [1.54, 1.807) is 6.07 Å². The van der Waals surface area contributed by atoms with Crippen molar-refractivity contribution >= 4 is 33.0 Å². The molecule has 28 heavy (non-hydrogen) atoms. The first-order valence-corrected chi connectivity index (χ1v) is 11.4. The van der Waals surface area contributed by atoms with Gasteiger partial charge in [0.2, 0.25) is 0 Å². The average Bonchev–Trinajstić information content (AvgIpc) is 3.49. The topological polar surface area (TPSA) is 75.3 Å². The van der Waals surface area contributed by atoms with Crippen molar-refractivity contribution < 1.29 is 13.2 Å². The number of hydrogen-bond acceptors (Lipinski definition) is 4. The lowest BCUT2D eigenvalue weighted by Crippen LogP contribution is -2.24. The van der Waals surface area contributed by atoms with E-state index in [1.807, 2.05) is 36.4 Å². The summed E-state index contributed by atoms with van der Waals surface area (Å²) in [6.07, 6.45) is 4.73. The van der Waals surface area contributed by atoms with Crippen LogP contribution >= 0.6 is 11.6 Å². The second-order valence-electron chi connectivity index (χ2n) is 6.94. The molecule has 1 amide bonds. The molecule has 1 saturated carbocycles. The van der Waals surface area contributed by atoms with Crippen LogP contribution in [0.3, 0.4) is 0 Å². The number of carbonyl (C=O) groups is 1. The van der Waals surface area contributed by atoms with Gasteiger partial charge >= 0.3 is 0 Å². The fourth-order valence-corrected chi connectivity index (χ4v) is 3.66. The molecule has 0 aromatic heterocycles. The zero-order valence-electron chi connectivity index (χ0n) is 15.6. The number of nitrogens with one attached hydrogen (secondary N) is 2. The van der Waals surface area contributed by atoms with E-state index >= 15 is 0 Å². The molecule has 3 rings (SSSR count). The van der Waals surface area contributed by atoms with Gasteiger partial charge in [-0.15, -0.1) is 0 Å². The summed E-state index contributed by atoms with van der Waals surface area (Å²) < 4.78 is 22.3. The number of rotatable bonds is 8. The van der Waals surface area contributed by atoms with Crippen LogP contribution < -0.4 is 10.6 Å². The Balaban J connectivity index is 1.78. The van der Waals surface area contributed by atoms with E-state index < -0.39 is 9.84 Å². The van der Waals surface area contributed by atoms with Crippen LogP contribution in [0.5, 0.6) is 0 Å². The quantitative estimate of drug-likeness (QED) is 0.676. The number of amides is 1. The van der Waals surface area contributed by atoms with Crippen molar-refractivity contribution in [2.45, 2.75) is 25.3 Å². The highest BCUT2D eigenvalue weighted by Gasteiger charge is 2.27. The first-order chi connectivity index (χ1) is 13.3. The van der Waals surface area contributed by atoms with Crippen LogP contribution in [0.2, 0.25) is 5.02 Å². The number of anilines is 1. The van der Waals surface area contributed by atoms with Crippen molar-refractivity contribution in [3.8, 4) is 0 Å². The summed E-state index contributed by atoms with van der Waals surface area (Å²) in [6.45, 7) is 0.701. The van der Waals surface area contributed by atoms with Crippen LogP contribution in [0.1, 0.15) is 40.2 Å². The fourth-order valence-electron chi connectivity index (χ4n) is 2.89. The maximum atomic E-state index is 12.7. The van der Waals surface area contributed by atoms with Gasteiger partial charge in [-0.25, -0.2) is 8.42 Å². The minimum Gasteiger partial charge on any atom is -0.380 e. The molecule has 0 atom stereocenters. The molecule has 1 fully saturated rings. The molecule has 1 aliphatic carbocycles.